The summed E-state index contributed by atoms with van der Waals surface area (Å²) in [6.45, 7) is 11.1. The van der Waals surface area contributed by atoms with Crippen molar-refractivity contribution >= 4 is 45.4 Å². The van der Waals surface area contributed by atoms with Gasteiger partial charge in [-0.25, -0.2) is 9.59 Å². The molecule has 3 heterocycles. The van der Waals surface area contributed by atoms with Crippen LogP contribution >= 0.6 is 0 Å². The molecule has 4 aromatic carbocycles. The van der Waals surface area contributed by atoms with Gasteiger partial charge in [-0.2, -0.15) is 0 Å². The molecular weight excluding hydrogens is 687 g/mol. The molecule has 0 bridgehead atoms. The van der Waals surface area contributed by atoms with Crippen molar-refractivity contribution in [2.75, 3.05) is 26.2 Å². The smallest absolute Gasteiger partial charge is 0.355 e. The zero-order valence-electron chi connectivity index (χ0n) is 32.5. The van der Waals surface area contributed by atoms with Crippen LogP contribution < -0.4 is 0 Å². The van der Waals surface area contributed by atoms with Crippen molar-refractivity contribution in [1.29, 1.82) is 0 Å². The van der Waals surface area contributed by atoms with Crippen molar-refractivity contribution in [3.05, 3.63) is 119 Å². The first-order valence-electron chi connectivity index (χ1n) is 19.9. The number of piperidine rings is 2. The summed E-state index contributed by atoms with van der Waals surface area (Å²) in [5.41, 5.74) is 7.91. The first-order chi connectivity index (χ1) is 26.7. The molecule has 0 unspecified atom stereocenters. The fraction of sp³-hybridized carbons (Fsp3) is 0.391. The fourth-order valence-electron chi connectivity index (χ4n) is 7.99. The standard InChI is InChI=1S/C46H53N5O4/c1-31(2)27-43(48-54-45(52)50-23-19-35(20-24-50)33-11-7-5-8-12-33)37-15-17-41-39(29-37)40-30-38(16-18-42(40)47-41)44(28-32(3)4)49-55-46(53)51-25-21-36(22-26-51)34-13-9-6-10-14-34/h5-18,29-32,35-36,47H,19-28H2,1-4H3/b48-43+,49-44+. The Labute approximate surface area is 324 Å². The van der Waals surface area contributed by atoms with Crippen LogP contribution in [-0.2, 0) is 9.68 Å². The summed E-state index contributed by atoms with van der Waals surface area (Å²) in [5, 5.41) is 11.0. The first-order valence-corrected chi connectivity index (χ1v) is 19.9. The Hall–Kier alpha value is -5.44. The summed E-state index contributed by atoms with van der Waals surface area (Å²) in [6, 6.07) is 33.5. The number of hydrogen-bond donors (Lipinski definition) is 1. The van der Waals surface area contributed by atoms with Crippen LogP contribution in [0.3, 0.4) is 0 Å². The number of nitrogens with zero attached hydrogens (tertiary/aromatic N) is 4. The van der Waals surface area contributed by atoms with Crippen LogP contribution in [0.1, 0.15) is 100 Å². The lowest BCUT2D eigenvalue weighted by Gasteiger charge is -2.30. The highest BCUT2D eigenvalue weighted by atomic mass is 16.7. The van der Waals surface area contributed by atoms with Crippen molar-refractivity contribution in [1.82, 2.24) is 14.8 Å². The van der Waals surface area contributed by atoms with Crippen LogP contribution in [0.5, 0.6) is 0 Å². The molecule has 2 saturated heterocycles. The van der Waals surface area contributed by atoms with Gasteiger partial charge < -0.3 is 14.8 Å². The number of H-pyrrole nitrogens is 1. The topological polar surface area (TPSA) is 99.6 Å². The largest absolute Gasteiger partial charge is 0.435 e. The van der Waals surface area contributed by atoms with Crippen LogP contribution in [0.2, 0.25) is 0 Å². The molecule has 55 heavy (non-hydrogen) atoms. The molecule has 5 aromatic rings. The van der Waals surface area contributed by atoms with Gasteiger partial charge in [-0.05, 0) is 97.6 Å². The van der Waals surface area contributed by atoms with E-state index in [1.165, 1.54) is 11.1 Å². The third-order valence-electron chi connectivity index (χ3n) is 11.0. The highest BCUT2D eigenvalue weighted by molar-refractivity contribution is 6.13. The number of hydrogen-bond acceptors (Lipinski definition) is 6. The Morgan fingerprint density at radius 3 is 1.35 bits per heavy atom. The SMILES string of the molecule is CC(C)C/C(=N\OC(=O)N1CCC(c2ccccc2)CC1)c1ccc2[nH]c3ccc(/C(CC(C)C)=N/OC(=O)N4CCC(c5ccccc5)CC4)cc3c2c1. The average Bonchev–Trinajstić information content (AvgIpc) is 3.58. The number of rotatable bonds is 10. The monoisotopic (exact) mass is 739 g/mol. The molecular formula is C46H53N5O4. The minimum absolute atomic E-state index is 0.303. The van der Waals surface area contributed by atoms with Crippen LogP contribution in [0.25, 0.3) is 21.8 Å². The number of nitrogens with one attached hydrogen (secondary N) is 1. The molecule has 1 aromatic heterocycles. The first kappa shape index (κ1) is 37.9. The number of carbonyl (C=O) groups is 2. The fourth-order valence-corrected chi connectivity index (χ4v) is 7.99. The van der Waals surface area contributed by atoms with Gasteiger partial charge in [0.2, 0.25) is 0 Å². The van der Waals surface area contributed by atoms with Gasteiger partial charge in [0.1, 0.15) is 0 Å². The molecule has 2 aliphatic rings. The van der Waals surface area contributed by atoms with Crippen molar-refractivity contribution in [2.24, 2.45) is 22.1 Å². The maximum atomic E-state index is 13.2. The van der Waals surface area contributed by atoms with E-state index in [9.17, 15) is 9.59 Å². The Morgan fingerprint density at radius 2 is 0.982 bits per heavy atom. The summed E-state index contributed by atoms with van der Waals surface area (Å²) in [5.74, 6) is 1.50. The minimum Gasteiger partial charge on any atom is -0.355 e. The predicted molar refractivity (Wildman–Crippen MR) is 221 cm³/mol. The van der Waals surface area contributed by atoms with E-state index in [0.717, 1.165) is 70.0 Å². The molecule has 0 aliphatic carbocycles. The summed E-state index contributed by atoms with van der Waals surface area (Å²) < 4.78 is 0. The summed E-state index contributed by atoms with van der Waals surface area (Å²) >= 11 is 0. The number of fused-ring (bicyclic) bond motifs is 3. The van der Waals surface area contributed by atoms with E-state index < -0.39 is 12.2 Å². The van der Waals surface area contributed by atoms with Gasteiger partial charge in [0.05, 0.1) is 11.4 Å². The van der Waals surface area contributed by atoms with E-state index in [1.807, 2.05) is 24.3 Å². The lowest BCUT2D eigenvalue weighted by atomic mass is 9.90. The molecule has 9 nitrogen and oxygen atoms in total. The lowest BCUT2D eigenvalue weighted by molar-refractivity contribution is 0.0946. The highest BCUT2D eigenvalue weighted by Gasteiger charge is 2.27. The van der Waals surface area contributed by atoms with E-state index in [-0.39, 0.29) is 0 Å². The van der Waals surface area contributed by atoms with E-state index in [2.05, 4.69) is 116 Å². The molecule has 2 aliphatic heterocycles. The molecule has 0 saturated carbocycles. The Bertz CT molecular complexity index is 1990. The number of aromatic amines is 1. The van der Waals surface area contributed by atoms with Gasteiger partial charge in [-0.1, -0.05) is 111 Å². The Kier molecular flexibility index (Phi) is 11.9. The van der Waals surface area contributed by atoms with Crippen molar-refractivity contribution < 1.29 is 19.3 Å². The van der Waals surface area contributed by atoms with Crippen LogP contribution in [-0.4, -0.2) is 64.6 Å². The van der Waals surface area contributed by atoms with Crippen molar-refractivity contribution in [3.8, 4) is 0 Å². The van der Waals surface area contributed by atoms with Gasteiger partial charge in [-0.15, -0.1) is 0 Å². The molecule has 286 valence electrons. The highest BCUT2D eigenvalue weighted by Crippen LogP contribution is 2.31. The van der Waals surface area contributed by atoms with Crippen LogP contribution in [0, 0.1) is 11.8 Å². The average molecular weight is 740 g/mol. The molecule has 2 fully saturated rings. The van der Waals surface area contributed by atoms with Crippen LogP contribution in [0.15, 0.2) is 107 Å². The number of aromatic nitrogens is 1. The Balaban J connectivity index is 1.07. The van der Waals surface area contributed by atoms with Gasteiger partial charge in [-0.3, -0.25) is 9.68 Å². The van der Waals surface area contributed by atoms with Gasteiger partial charge in [0.15, 0.2) is 0 Å². The van der Waals surface area contributed by atoms with Crippen LogP contribution in [0.4, 0.5) is 9.59 Å². The van der Waals surface area contributed by atoms with Crippen molar-refractivity contribution in [2.45, 2.75) is 78.1 Å². The van der Waals surface area contributed by atoms with E-state index in [4.69, 9.17) is 9.68 Å². The summed E-state index contributed by atoms with van der Waals surface area (Å²) in [4.78, 5) is 44.7. The van der Waals surface area contributed by atoms with E-state index in [0.29, 0.717) is 62.7 Å². The number of carbonyl (C=O) groups excluding carboxylic acids is 2. The second-order valence-corrected chi connectivity index (χ2v) is 16.0. The predicted octanol–water partition coefficient (Wildman–Crippen LogP) is 10.9. The van der Waals surface area contributed by atoms with Gasteiger partial charge >= 0.3 is 12.2 Å². The van der Waals surface area contributed by atoms with Crippen molar-refractivity contribution in [3.63, 3.8) is 0 Å². The summed E-state index contributed by atoms with van der Waals surface area (Å²) in [6.07, 6.45) is 4.12. The van der Waals surface area contributed by atoms with E-state index >= 15 is 0 Å². The molecule has 7 rings (SSSR count). The zero-order valence-corrected chi connectivity index (χ0v) is 32.5. The Morgan fingerprint density at radius 1 is 0.600 bits per heavy atom. The van der Waals surface area contributed by atoms with Gasteiger partial charge in [0, 0.05) is 59.1 Å². The quantitative estimate of drug-likeness (QED) is 0.0875. The van der Waals surface area contributed by atoms with Gasteiger partial charge in [0.25, 0.3) is 0 Å². The number of benzene rings is 4. The minimum atomic E-state index is -0.403. The molecule has 9 heteroatoms. The maximum absolute atomic E-state index is 13.2. The maximum Gasteiger partial charge on any atom is 0.435 e. The second kappa shape index (κ2) is 17.4. The third-order valence-corrected chi connectivity index (χ3v) is 11.0. The molecule has 2 amide bonds. The molecule has 1 N–H and O–H groups in total. The molecule has 0 spiro atoms. The number of likely N-dealkylation sites (tertiary alicyclic amines) is 2. The lowest BCUT2D eigenvalue weighted by Crippen LogP contribution is -2.37. The normalized spacial score (nSPS) is 16.4. The third kappa shape index (κ3) is 9.27. The molecule has 0 radical (unpaired) electrons. The number of oxime groups is 2. The van der Waals surface area contributed by atoms with E-state index in [1.54, 1.807) is 9.80 Å². The second-order valence-electron chi connectivity index (χ2n) is 16.0. The summed E-state index contributed by atoms with van der Waals surface area (Å²) in [7, 11) is 0. The zero-order chi connectivity index (χ0) is 38.3. The number of amides is 2. The molecule has 0 atom stereocenters.